The fraction of sp³-hybridized carbons (Fsp3) is 0.600. The molecule has 0 aromatic heterocycles. The molecule has 1 atom stereocenters. The minimum absolute atomic E-state index is 0.334. The van der Waals surface area contributed by atoms with Crippen molar-refractivity contribution in [1.82, 2.24) is 0 Å². The van der Waals surface area contributed by atoms with E-state index < -0.39 is 5.60 Å². The Bertz CT molecular complexity index is 346. The zero-order valence-corrected chi connectivity index (χ0v) is 11.8. The summed E-state index contributed by atoms with van der Waals surface area (Å²) in [7, 11) is 2.10. The summed E-state index contributed by atoms with van der Waals surface area (Å²) >= 11 is 0. The number of unbranched alkanes of at least 4 members (excludes halogenated alkanes) is 1. The average molecular weight is 250 g/mol. The van der Waals surface area contributed by atoms with Crippen LogP contribution in [0.5, 0.6) is 0 Å². The van der Waals surface area contributed by atoms with Gasteiger partial charge in [0.1, 0.15) is 0 Å². The summed E-state index contributed by atoms with van der Waals surface area (Å²) in [6.07, 6.45) is 2.84. The van der Waals surface area contributed by atoms with Crippen molar-refractivity contribution in [3.8, 4) is 0 Å². The molecular formula is C15H26N2O. The van der Waals surface area contributed by atoms with Gasteiger partial charge in [-0.3, -0.25) is 0 Å². The van der Waals surface area contributed by atoms with Crippen molar-refractivity contribution in [3.63, 3.8) is 0 Å². The predicted molar refractivity (Wildman–Crippen MR) is 78.0 cm³/mol. The molecular weight excluding hydrogens is 224 g/mol. The smallest absolute Gasteiger partial charge is 0.0741 e. The van der Waals surface area contributed by atoms with Gasteiger partial charge in [0.2, 0.25) is 0 Å². The number of benzene rings is 1. The first-order valence-corrected chi connectivity index (χ1v) is 6.65. The maximum atomic E-state index is 9.80. The number of aliphatic hydroxyl groups is 1. The van der Waals surface area contributed by atoms with Crippen LogP contribution in [0.4, 0.5) is 5.69 Å². The van der Waals surface area contributed by atoms with Gasteiger partial charge in [-0.2, -0.15) is 0 Å². The van der Waals surface area contributed by atoms with E-state index in [0.717, 1.165) is 25.8 Å². The van der Waals surface area contributed by atoms with E-state index in [1.165, 1.54) is 11.3 Å². The maximum Gasteiger partial charge on any atom is 0.0741 e. The van der Waals surface area contributed by atoms with Crippen LogP contribution in [-0.2, 0) is 0 Å². The molecule has 18 heavy (non-hydrogen) atoms. The number of nitrogens with zero attached hydrogens (tertiary/aromatic N) is 1. The molecule has 1 rings (SSSR count). The van der Waals surface area contributed by atoms with Crippen LogP contribution in [0.15, 0.2) is 24.3 Å². The summed E-state index contributed by atoms with van der Waals surface area (Å²) in [5, 5.41) is 9.80. The van der Waals surface area contributed by atoms with Crippen LogP contribution in [0.1, 0.15) is 31.7 Å². The summed E-state index contributed by atoms with van der Waals surface area (Å²) in [6, 6.07) is 8.55. The van der Waals surface area contributed by atoms with Crippen molar-refractivity contribution in [2.75, 3.05) is 25.0 Å². The Kier molecular flexibility index (Phi) is 5.63. The molecule has 1 unspecified atom stereocenters. The van der Waals surface area contributed by atoms with Gasteiger partial charge in [0.15, 0.2) is 0 Å². The molecule has 102 valence electrons. The van der Waals surface area contributed by atoms with Crippen molar-refractivity contribution in [3.05, 3.63) is 29.8 Å². The van der Waals surface area contributed by atoms with Crippen LogP contribution in [0, 0.1) is 6.92 Å². The number of nitrogens with two attached hydrogens (primary N) is 1. The fourth-order valence-electron chi connectivity index (χ4n) is 1.89. The van der Waals surface area contributed by atoms with Crippen molar-refractivity contribution in [2.24, 2.45) is 5.73 Å². The Morgan fingerprint density at radius 2 is 1.83 bits per heavy atom. The highest BCUT2D eigenvalue weighted by Crippen LogP contribution is 2.16. The largest absolute Gasteiger partial charge is 0.389 e. The molecule has 0 aliphatic rings. The van der Waals surface area contributed by atoms with Crippen LogP contribution in [0.25, 0.3) is 0 Å². The third-order valence-electron chi connectivity index (χ3n) is 3.37. The van der Waals surface area contributed by atoms with Crippen LogP contribution < -0.4 is 10.6 Å². The van der Waals surface area contributed by atoms with Gasteiger partial charge in [0, 0.05) is 25.8 Å². The van der Waals surface area contributed by atoms with Crippen molar-refractivity contribution >= 4 is 5.69 Å². The molecule has 0 fully saturated rings. The van der Waals surface area contributed by atoms with E-state index in [1.54, 1.807) is 6.92 Å². The number of aryl methyl sites for hydroxylation is 1. The quantitative estimate of drug-likeness (QED) is 0.730. The lowest BCUT2D eigenvalue weighted by Gasteiger charge is -2.23. The van der Waals surface area contributed by atoms with Gasteiger partial charge >= 0.3 is 0 Å². The molecule has 3 N–H and O–H groups in total. The van der Waals surface area contributed by atoms with Crippen LogP contribution in [0.3, 0.4) is 0 Å². The van der Waals surface area contributed by atoms with E-state index in [2.05, 4.69) is 43.1 Å². The SMILES string of the molecule is Cc1ccc(N(C)CCCCC(C)(O)CN)cc1. The zero-order valence-electron chi connectivity index (χ0n) is 11.8. The monoisotopic (exact) mass is 250 g/mol. The number of hydrogen-bond acceptors (Lipinski definition) is 3. The Morgan fingerprint density at radius 3 is 2.39 bits per heavy atom. The van der Waals surface area contributed by atoms with Crippen molar-refractivity contribution in [1.29, 1.82) is 0 Å². The lowest BCUT2D eigenvalue weighted by atomic mass is 9.99. The minimum atomic E-state index is -0.706. The number of hydrogen-bond donors (Lipinski definition) is 2. The van der Waals surface area contributed by atoms with Gasteiger partial charge in [-0.1, -0.05) is 17.7 Å². The first kappa shape index (κ1) is 15.0. The van der Waals surface area contributed by atoms with Gasteiger partial charge < -0.3 is 15.7 Å². The van der Waals surface area contributed by atoms with Gasteiger partial charge in [-0.25, -0.2) is 0 Å². The molecule has 0 saturated carbocycles. The first-order valence-electron chi connectivity index (χ1n) is 6.65. The molecule has 0 saturated heterocycles. The minimum Gasteiger partial charge on any atom is -0.389 e. The van der Waals surface area contributed by atoms with Crippen LogP contribution in [0.2, 0.25) is 0 Å². The highest BCUT2D eigenvalue weighted by atomic mass is 16.3. The summed E-state index contributed by atoms with van der Waals surface area (Å²) in [6.45, 7) is 5.24. The summed E-state index contributed by atoms with van der Waals surface area (Å²) < 4.78 is 0. The van der Waals surface area contributed by atoms with Crippen molar-refractivity contribution in [2.45, 2.75) is 38.7 Å². The molecule has 0 bridgehead atoms. The molecule has 0 radical (unpaired) electrons. The topological polar surface area (TPSA) is 49.5 Å². The molecule has 3 heteroatoms. The lowest BCUT2D eigenvalue weighted by Crippen LogP contribution is -2.34. The molecule has 0 aliphatic heterocycles. The normalized spacial score (nSPS) is 14.3. The molecule has 0 heterocycles. The second-order valence-electron chi connectivity index (χ2n) is 5.42. The Hall–Kier alpha value is -1.06. The van der Waals surface area contributed by atoms with Gasteiger partial charge in [-0.05, 0) is 45.2 Å². The predicted octanol–water partition coefficient (Wildman–Crippen LogP) is 2.31. The van der Waals surface area contributed by atoms with Crippen molar-refractivity contribution < 1.29 is 5.11 Å². The lowest BCUT2D eigenvalue weighted by molar-refractivity contribution is 0.0575. The second kappa shape index (κ2) is 6.76. The first-order chi connectivity index (χ1) is 8.44. The molecule has 3 nitrogen and oxygen atoms in total. The third kappa shape index (κ3) is 5.07. The van der Waals surface area contributed by atoms with Gasteiger partial charge in [0.25, 0.3) is 0 Å². The maximum absolute atomic E-state index is 9.80. The van der Waals surface area contributed by atoms with E-state index in [0.29, 0.717) is 6.54 Å². The molecule has 1 aromatic carbocycles. The van der Waals surface area contributed by atoms with E-state index >= 15 is 0 Å². The Balaban J connectivity index is 2.29. The second-order valence-corrected chi connectivity index (χ2v) is 5.42. The van der Waals surface area contributed by atoms with E-state index in [1.807, 2.05) is 0 Å². The highest BCUT2D eigenvalue weighted by Gasteiger charge is 2.16. The molecule has 0 spiro atoms. The van der Waals surface area contributed by atoms with Gasteiger partial charge in [-0.15, -0.1) is 0 Å². The number of anilines is 1. The van der Waals surface area contributed by atoms with E-state index in [9.17, 15) is 5.11 Å². The van der Waals surface area contributed by atoms with E-state index in [4.69, 9.17) is 5.73 Å². The fourth-order valence-corrected chi connectivity index (χ4v) is 1.89. The van der Waals surface area contributed by atoms with Crippen LogP contribution >= 0.6 is 0 Å². The highest BCUT2D eigenvalue weighted by molar-refractivity contribution is 5.46. The average Bonchev–Trinajstić information content (AvgIpc) is 2.35. The third-order valence-corrected chi connectivity index (χ3v) is 3.37. The van der Waals surface area contributed by atoms with Gasteiger partial charge in [0.05, 0.1) is 5.60 Å². The zero-order chi connectivity index (χ0) is 13.6. The standard InChI is InChI=1S/C15H26N2O/c1-13-6-8-14(9-7-13)17(3)11-5-4-10-15(2,18)12-16/h6-9,18H,4-5,10-12,16H2,1-3H3. The Morgan fingerprint density at radius 1 is 1.22 bits per heavy atom. The summed E-state index contributed by atoms with van der Waals surface area (Å²) in [5.41, 5.74) is 7.31. The number of rotatable bonds is 7. The molecule has 0 aliphatic carbocycles. The van der Waals surface area contributed by atoms with E-state index in [-0.39, 0.29) is 0 Å². The van der Waals surface area contributed by atoms with Crippen LogP contribution in [-0.4, -0.2) is 30.8 Å². The molecule has 0 amide bonds. The Labute approximate surface area is 111 Å². The molecule has 1 aromatic rings. The summed E-state index contributed by atoms with van der Waals surface area (Å²) in [5.74, 6) is 0. The summed E-state index contributed by atoms with van der Waals surface area (Å²) in [4.78, 5) is 2.25.